The highest BCUT2D eigenvalue weighted by Gasteiger charge is 2.26. The van der Waals surface area contributed by atoms with Crippen LogP contribution >= 0.6 is 11.3 Å². The molecular formula is C20H19N5O3S. The van der Waals surface area contributed by atoms with Crippen molar-refractivity contribution in [2.24, 2.45) is 0 Å². The molecule has 29 heavy (non-hydrogen) atoms. The van der Waals surface area contributed by atoms with E-state index in [-0.39, 0.29) is 6.10 Å². The van der Waals surface area contributed by atoms with Gasteiger partial charge in [0, 0.05) is 30.2 Å². The van der Waals surface area contributed by atoms with Crippen LogP contribution in [0.2, 0.25) is 0 Å². The summed E-state index contributed by atoms with van der Waals surface area (Å²) < 4.78 is 17.2. The van der Waals surface area contributed by atoms with Crippen LogP contribution in [0.4, 0.5) is 0 Å². The van der Waals surface area contributed by atoms with Gasteiger partial charge in [0.25, 0.3) is 5.89 Å². The minimum atomic E-state index is -0.0175. The summed E-state index contributed by atoms with van der Waals surface area (Å²) in [6.07, 6.45) is 1.79. The number of aryl methyl sites for hydroxylation is 1. The predicted molar refractivity (Wildman–Crippen MR) is 106 cm³/mol. The van der Waals surface area contributed by atoms with Crippen molar-refractivity contribution in [1.82, 2.24) is 25.2 Å². The number of morpholine rings is 1. The number of rotatable bonds is 5. The first-order valence-corrected chi connectivity index (χ1v) is 10.2. The third-order valence-electron chi connectivity index (χ3n) is 4.83. The quantitative estimate of drug-likeness (QED) is 0.492. The van der Waals surface area contributed by atoms with Crippen LogP contribution in [0.5, 0.6) is 0 Å². The van der Waals surface area contributed by atoms with Crippen LogP contribution in [0.25, 0.3) is 22.7 Å². The standard InChI is InChI=1S/C20H19N5O3S/c1-13-17(18(24-28-13)14-5-3-2-4-6-14)19-23-22-16(27-19)12-25-8-9-26-15(11-25)20-21-7-10-29-20/h2-7,10,15H,8-9,11-12H2,1H3. The Morgan fingerprint density at radius 1 is 1.21 bits per heavy atom. The lowest BCUT2D eigenvalue weighted by Crippen LogP contribution is -2.37. The number of hydrogen-bond donors (Lipinski definition) is 0. The second kappa shape index (κ2) is 7.86. The Morgan fingerprint density at radius 3 is 2.93 bits per heavy atom. The highest BCUT2D eigenvalue weighted by molar-refractivity contribution is 7.09. The van der Waals surface area contributed by atoms with Gasteiger partial charge in [-0.25, -0.2) is 4.98 Å². The maximum absolute atomic E-state index is 5.98. The van der Waals surface area contributed by atoms with E-state index in [2.05, 4.69) is 25.2 Å². The van der Waals surface area contributed by atoms with Crippen LogP contribution in [-0.4, -0.2) is 44.9 Å². The Labute approximate surface area is 171 Å². The molecule has 1 saturated heterocycles. The molecule has 1 aliphatic rings. The molecule has 1 atom stereocenters. The van der Waals surface area contributed by atoms with E-state index in [1.807, 2.05) is 42.6 Å². The summed E-state index contributed by atoms with van der Waals surface area (Å²) in [5.74, 6) is 1.62. The second-order valence-corrected chi connectivity index (χ2v) is 7.72. The summed E-state index contributed by atoms with van der Waals surface area (Å²) in [7, 11) is 0. The van der Waals surface area contributed by atoms with E-state index in [0.717, 1.165) is 29.2 Å². The minimum absolute atomic E-state index is 0.0175. The summed E-state index contributed by atoms with van der Waals surface area (Å²) in [4.78, 5) is 6.61. The first kappa shape index (κ1) is 18.2. The lowest BCUT2D eigenvalue weighted by Gasteiger charge is -2.30. The molecule has 0 saturated carbocycles. The molecule has 0 spiro atoms. The molecule has 4 aromatic rings. The largest absolute Gasteiger partial charge is 0.419 e. The molecule has 5 rings (SSSR count). The molecule has 1 fully saturated rings. The van der Waals surface area contributed by atoms with Crippen LogP contribution in [-0.2, 0) is 11.3 Å². The fraction of sp³-hybridized carbons (Fsp3) is 0.300. The van der Waals surface area contributed by atoms with Crippen molar-refractivity contribution in [1.29, 1.82) is 0 Å². The third kappa shape index (κ3) is 3.71. The molecule has 0 amide bonds. The summed E-state index contributed by atoms with van der Waals surface area (Å²) in [6, 6.07) is 9.83. The van der Waals surface area contributed by atoms with E-state index < -0.39 is 0 Å². The van der Waals surface area contributed by atoms with Gasteiger partial charge < -0.3 is 13.7 Å². The van der Waals surface area contributed by atoms with Crippen LogP contribution < -0.4 is 0 Å². The molecule has 1 unspecified atom stereocenters. The molecule has 1 aliphatic heterocycles. The molecule has 0 aliphatic carbocycles. The predicted octanol–water partition coefficient (Wildman–Crippen LogP) is 3.73. The van der Waals surface area contributed by atoms with Gasteiger partial charge in [0.1, 0.15) is 28.1 Å². The van der Waals surface area contributed by atoms with E-state index in [9.17, 15) is 0 Å². The number of hydrogen-bond acceptors (Lipinski definition) is 9. The zero-order valence-corrected chi connectivity index (χ0v) is 16.6. The summed E-state index contributed by atoms with van der Waals surface area (Å²) in [5, 5.41) is 15.7. The van der Waals surface area contributed by atoms with Crippen LogP contribution in [0.3, 0.4) is 0 Å². The lowest BCUT2D eigenvalue weighted by molar-refractivity contribution is -0.0352. The summed E-state index contributed by atoms with van der Waals surface area (Å²) in [6.45, 7) is 4.60. The monoisotopic (exact) mass is 409 g/mol. The summed E-state index contributed by atoms with van der Waals surface area (Å²) >= 11 is 1.61. The fourth-order valence-corrected chi connectivity index (χ4v) is 4.09. The van der Waals surface area contributed by atoms with E-state index in [1.54, 1.807) is 17.5 Å². The fourth-order valence-electron chi connectivity index (χ4n) is 3.42. The van der Waals surface area contributed by atoms with Crippen molar-refractivity contribution in [2.45, 2.75) is 19.6 Å². The Morgan fingerprint density at radius 2 is 2.10 bits per heavy atom. The van der Waals surface area contributed by atoms with Crippen LogP contribution in [0.15, 0.2) is 50.8 Å². The molecular weight excluding hydrogens is 390 g/mol. The zero-order chi connectivity index (χ0) is 19.6. The Kier molecular flexibility index (Phi) is 4.92. The number of thiazole rings is 1. The first-order chi connectivity index (χ1) is 14.3. The molecule has 0 N–H and O–H groups in total. The minimum Gasteiger partial charge on any atom is -0.419 e. The molecule has 9 heteroatoms. The van der Waals surface area contributed by atoms with Crippen molar-refractivity contribution in [3.8, 4) is 22.7 Å². The smallest absolute Gasteiger partial charge is 0.253 e. The molecule has 0 bridgehead atoms. The van der Waals surface area contributed by atoms with E-state index in [4.69, 9.17) is 13.7 Å². The van der Waals surface area contributed by atoms with Gasteiger partial charge in [-0.05, 0) is 6.92 Å². The van der Waals surface area contributed by atoms with Crippen LogP contribution in [0, 0.1) is 6.92 Å². The van der Waals surface area contributed by atoms with Crippen molar-refractivity contribution in [3.05, 3.63) is 58.6 Å². The number of ether oxygens (including phenoxy) is 1. The van der Waals surface area contributed by atoms with Gasteiger partial charge in [-0.1, -0.05) is 35.5 Å². The average Bonchev–Trinajstić information content (AvgIpc) is 3.50. The maximum atomic E-state index is 5.98. The van der Waals surface area contributed by atoms with Gasteiger partial charge in [0.2, 0.25) is 5.89 Å². The van der Waals surface area contributed by atoms with E-state index in [0.29, 0.717) is 36.4 Å². The van der Waals surface area contributed by atoms with Gasteiger partial charge in [0.15, 0.2) is 0 Å². The van der Waals surface area contributed by atoms with Crippen LogP contribution in [0.1, 0.15) is 22.8 Å². The number of benzene rings is 1. The van der Waals surface area contributed by atoms with Crippen molar-refractivity contribution >= 4 is 11.3 Å². The van der Waals surface area contributed by atoms with Gasteiger partial charge >= 0.3 is 0 Å². The van der Waals surface area contributed by atoms with Crippen molar-refractivity contribution in [2.75, 3.05) is 19.7 Å². The van der Waals surface area contributed by atoms with Gasteiger partial charge in [-0.3, -0.25) is 4.90 Å². The molecule has 4 heterocycles. The molecule has 3 aromatic heterocycles. The summed E-state index contributed by atoms with van der Waals surface area (Å²) in [5.41, 5.74) is 2.38. The number of aromatic nitrogens is 4. The third-order valence-corrected chi connectivity index (χ3v) is 5.69. The number of nitrogens with zero attached hydrogens (tertiary/aromatic N) is 5. The molecule has 148 valence electrons. The average molecular weight is 409 g/mol. The SMILES string of the molecule is Cc1onc(-c2ccccc2)c1-c1nnc(CN2CCOC(c3nccs3)C2)o1. The Bertz CT molecular complexity index is 1080. The van der Waals surface area contributed by atoms with Gasteiger partial charge in [0.05, 0.1) is 13.2 Å². The van der Waals surface area contributed by atoms with Gasteiger partial charge in [-0.2, -0.15) is 0 Å². The topological polar surface area (TPSA) is 90.3 Å². The Balaban J connectivity index is 1.35. The van der Waals surface area contributed by atoms with E-state index >= 15 is 0 Å². The van der Waals surface area contributed by atoms with Crippen molar-refractivity contribution in [3.63, 3.8) is 0 Å². The van der Waals surface area contributed by atoms with Gasteiger partial charge in [-0.15, -0.1) is 21.5 Å². The van der Waals surface area contributed by atoms with Crippen molar-refractivity contribution < 1.29 is 13.7 Å². The normalized spacial score (nSPS) is 17.6. The second-order valence-electron chi connectivity index (χ2n) is 6.79. The maximum Gasteiger partial charge on any atom is 0.253 e. The highest BCUT2D eigenvalue weighted by Crippen LogP contribution is 2.33. The Hall–Kier alpha value is -2.88. The lowest BCUT2D eigenvalue weighted by atomic mass is 10.1. The highest BCUT2D eigenvalue weighted by atomic mass is 32.1. The molecule has 8 nitrogen and oxygen atoms in total. The molecule has 1 aromatic carbocycles. The van der Waals surface area contributed by atoms with E-state index in [1.165, 1.54) is 0 Å². The zero-order valence-electron chi connectivity index (χ0n) is 15.8. The first-order valence-electron chi connectivity index (χ1n) is 9.35. The molecule has 0 radical (unpaired) electrons.